The Bertz CT molecular complexity index is 304. The van der Waals surface area contributed by atoms with E-state index in [4.69, 9.17) is 9.47 Å². The van der Waals surface area contributed by atoms with Crippen molar-refractivity contribution in [2.45, 2.75) is 18.8 Å². The van der Waals surface area contributed by atoms with Gasteiger partial charge in [0.2, 0.25) is 0 Å². The molecule has 0 saturated carbocycles. The Labute approximate surface area is 88.4 Å². The molecule has 0 radical (unpaired) electrons. The van der Waals surface area contributed by atoms with Gasteiger partial charge in [0.1, 0.15) is 11.4 Å². The van der Waals surface area contributed by atoms with E-state index in [1.54, 1.807) is 6.92 Å². The largest absolute Gasteiger partial charge is 0.380 e. The minimum atomic E-state index is -1.31. The smallest absolute Gasteiger partial charge is 0.189 e. The highest BCUT2D eigenvalue weighted by atomic mass is 19.1. The zero-order chi connectivity index (χ0) is 11.5. The Morgan fingerprint density at radius 2 is 1.67 bits per heavy atom. The van der Waals surface area contributed by atoms with Crippen molar-refractivity contribution >= 4 is 0 Å². The van der Waals surface area contributed by atoms with E-state index in [1.807, 2.05) is 0 Å². The number of aliphatic hydroxyl groups is 1. The number of benzene rings is 1. The molecular formula is C11H15FO3. The molecule has 0 aliphatic rings. The first-order valence-electron chi connectivity index (χ1n) is 4.56. The number of hydrogen-bond acceptors (Lipinski definition) is 3. The molecular weight excluding hydrogens is 199 g/mol. The molecule has 0 bridgehead atoms. The standard InChI is InChI=1S/C11H15FO3/c1-11(13,10(14-2)15-3)8-4-6-9(12)7-5-8/h4-7,10,13H,1-3H3. The summed E-state index contributed by atoms with van der Waals surface area (Å²) in [4.78, 5) is 0. The first kappa shape index (κ1) is 12.1. The zero-order valence-corrected chi connectivity index (χ0v) is 9.03. The molecule has 84 valence electrons. The fourth-order valence-electron chi connectivity index (χ4n) is 1.48. The molecule has 1 atom stereocenters. The lowest BCUT2D eigenvalue weighted by Gasteiger charge is -2.30. The second kappa shape index (κ2) is 4.70. The Kier molecular flexibility index (Phi) is 3.79. The van der Waals surface area contributed by atoms with Gasteiger partial charge in [-0.2, -0.15) is 0 Å². The van der Waals surface area contributed by atoms with E-state index in [2.05, 4.69) is 0 Å². The summed E-state index contributed by atoms with van der Waals surface area (Å²) in [6.07, 6.45) is -0.789. The average Bonchev–Trinajstić information content (AvgIpc) is 2.19. The van der Waals surface area contributed by atoms with Gasteiger partial charge in [0.15, 0.2) is 6.29 Å². The van der Waals surface area contributed by atoms with Crippen molar-refractivity contribution in [1.82, 2.24) is 0 Å². The molecule has 15 heavy (non-hydrogen) atoms. The van der Waals surface area contributed by atoms with E-state index in [-0.39, 0.29) is 5.82 Å². The second-order valence-electron chi connectivity index (χ2n) is 3.46. The van der Waals surface area contributed by atoms with Crippen LogP contribution in [0.1, 0.15) is 12.5 Å². The predicted molar refractivity (Wildman–Crippen MR) is 53.8 cm³/mol. The topological polar surface area (TPSA) is 38.7 Å². The summed E-state index contributed by atoms with van der Waals surface area (Å²) in [5.74, 6) is -0.346. The molecule has 1 aromatic carbocycles. The first-order chi connectivity index (χ1) is 7.02. The Hall–Kier alpha value is -0.970. The Balaban J connectivity index is 2.98. The average molecular weight is 214 g/mol. The SMILES string of the molecule is COC(OC)C(C)(O)c1ccc(F)cc1. The summed E-state index contributed by atoms with van der Waals surface area (Å²) in [7, 11) is 2.87. The van der Waals surface area contributed by atoms with Crippen molar-refractivity contribution in [3.05, 3.63) is 35.6 Å². The van der Waals surface area contributed by atoms with E-state index >= 15 is 0 Å². The van der Waals surface area contributed by atoms with Gasteiger partial charge >= 0.3 is 0 Å². The van der Waals surface area contributed by atoms with Crippen LogP contribution in [-0.2, 0) is 15.1 Å². The molecule has 1 unspecified atom stereocenters. The lowest BCUT2D eigenvalue weighted by atomic mass is 9.95. The lowest BCUT2D eigenvalue weighted by Crippen LogP contribution is -2.39. The van der Waals surface area contributed by atoms with E-state index in [0.717, 1.165) is 0 Å². The summed E-state index contributed by atoms with van der Waals surface area (Å²) in [6, 6.07) is 5.57. The van der Waals surface area contributed by atoms with Crippen molar-refractivity contribution in [3.63, 3.8) is 0 Å². The fourth-order valence-corrected chi connectivity index (χ4v) is 1.48. The normalized spacial score (nSPS) is 15.3. The van der Waals surface area contributed by atoms with Crippen molar-refractivity contribution in [2.24, 2.45) is 0 Å². The van der Waals surface area contributed by atoms with Crippen LogP contribution in [0, 0.1) is 5.82 Å². The minimum absolute atomic E-state index is 0.346. The molecule has 4 heteroatoms. The van der Waals surface area contributed by atoms with E-state index in [9.17, 15) is 9.50 Å². The van der Waals surface area contributed by atoms with Crippen LogP contribution in [-0.4, -0.2) is 25.6 Å². The molecule has 0 saturated heterocycles. The highest BCUT2D eigenvalue weighted by molar-refractivity contribution is 5.23. The van der Waals surface area contributed by atoms with Crippen LogP contribution in [0.3, 0.4) is 0 Å². The molecule has 0 aliphatic carbocycles. The van der Waals surface area contributed by atoms with Crippen molar-refractivity contribution < 1.29 is 19.0 Å². The van der Waals surface area contributed by atoms with E-state index in [1.165, 1.54) is 38.5 Å². The Morgan fingerprint density at radius 3 is 2.07 bits per heavy atom. The molecule has 0 amide bonds. The third-order valence-corrected chi connectivity index (χ3v) is 2.32. The van der Waals surface area contributed by atoms with Gasteiger partial charge in [0.25, 0.3) is 0 Å². The minimum Gasteiger partial charge on any atom is -0.380 e. The number of methoxy groups -OCH3 is 2. The number of halogens is 1. The quantitative estimate of drug-likeness (QED) is 0.774. The summed E-state index contributed by atoms with van der Waals surface area (Å²) >= 11 is 0. The summed E-state index contributed by atoms with van der Waals surface area (Å²) in [6.45, 7) is 1.55. The third kappa shape index (κ3) is 2.53. The summed E-state index contributed by atoms with van der Waals surface area (Å²) in [5, 5.41) is 10.2. The molecule has 3 nitrogen and oxygen atoms in total. The molecule has 0 spiro atoms. The fraction of sp³-hybridized carbons (Fsp3) is 0.455. The maximum absolute atomic E-state index is 12.7. The van der Waals surface area contributed by atoms with Gasteiger partial charge in [-0.05, 0) is 24.6 Å². The van der Waals surface area contributed by atoms with Gasteiger partial charge in [-0.25, -0.2) is 4.39 Å². The van der Waals surface area contributed by atoms with E-state index in [0.29, 0.717) is 5.56 Å². The van der Waals surface area contributed by atoms with Gasteiger partial charge in [-0.15, -0.1) is 0 Å². The lowest BCUT2D eigenvalue weighted by molar-refractivity contribution is -0.213. The Morgan fingerprint density at radius 1 is 1.20 bits per heavy atom. The highest BCUT2D eigenvalue weighted by Crippen LogP contribution is 2.26. The van der Waals surface area contributed by atoms with Crippen molar-refractivity contribution in [3.8, 4) is 0 Å². The van der Waals surface area contributed by atoms with Crippen LogP contribution in [0.2, 0.25) is 0 Å². The van der Waals surface area contributed by atoms with E-state index < -0.39 is 11.9 Å². The third-order valence-electron chi connectivity index (χ3n) is 2.32. The van der Waals surface area contributed by atoms with Crippen LogP contribution in [0.25, 0.3) is 0 Å². The molecule has 1 rings (SSSR count). The van der Waals surface area contributed by atoms with Crippen LogP contribution in [0.4, 0.5) is 4.39 Å². The van der Waals surface area contributed by atoms with Gasteiger partial charge < -0.3 is 14.6 Å². The van der Waals surface area contributed by atoms with Gasteiger partial charge in [0.05, 0.1) is 0 Å². The first-order valence-corrected chi connectivity index (χ1v) is 4.56. The second-order valence-corrected chi connectivity index (χ2v) is 3.46. The van der Waals surface area contributed by atoms with Crippen LogP contribution >= 0.6 is 0 Å². The maximum atomic E-state index is 12.7. The molecule has 1 N–H and O–H groups in total. The highest BCUT2D eigenvalue weighted by Gasteiger charge is 2.34. The predicted octanol–water partition coefficient (Wildman–Crippen LogP) is 1.65. The molecule has 0 aromatic heterocycles. The van der Waals surface area contributed by atoms with Gasteiger partial charge in [-0.3, -0.25) is 0 Å². The molecule has 1 aromatic rings. The summed E-state index contributed by atoms with van der Waals surface area (Å²) < 4.78 is 22.7. The number of ether oxygens (including phenoxy) is 2. The maximum Gasteiger partial charge on any atom is 0.189 e. The molecule has 0 heterocycles. The van der Waals surface area contributed by atoms with Crippen molar-refractivity contribution in [2.75, 3.05) is 14.2 Å². The molecule has 0 fully saturated rings. The zero-order valence-electron chi connectivity index (χ0n) is 9.03. The van der Waals surface area contributed by atoms with Crippen LogP contribution in [0.15, 0.2) is 24.3 Å². The summed E-state index contributed by atoms with van der Waals surface area (Å²) in [5.41, 5.74) is -0.769. The molecule has 0 aliphatic heterocycles. The van der Waals surface area contributed by atoms with Gasteiger partial charge in [-0.1, -0.05) is 12.1 Å². The van der Waals surface area contributed by atoms with Crippen molar-refractivity contribution in [1.29, 1.82) is 0 Å². The number of hydrogen-bond donors (Lipinski definition) is 1. The van der Waals surface area contributed by atoms with Crippen LogP contribution in [0.5, 0.6) is 0 Å². The van der Waals surface area contributed by atoms with Crippen LogP contribution < -0.4 is 0 Å². The number of rotatable bonds is 4. The monoisotopic (exact) mass is 214 g/mol. The van der Waals surface area contributed by atoms with Gasteiger partial charge in [0, 0.05) is 14.2 Å².